The van der Waals surface area contributed by atoms with E-state index in [4.69, 9.17) is 9.47 Å². The van der Waals surface area contributed by atoms with Gasteiger partial charge in [-0.05, 0) is 45.1 Å². The zero-order chi connectivity index (χ0) is 13.9. The first kappa shape index (κ1) is 14.4. The molecule has 2 aliphatic rings. The van der Waals surface area contributed by atoms with Gasteiger partial charge in [0.25, 0.3) is 0 Å². The van der Waals surface area contributed by atoms with Gasteiger partial charge in [-0.2, -0.15) is 0 Å². The highest BCUT2D eigenvalue weighted by atomic mass is 16.5. The van der Waals surface area contributed by atoms with Gasteiger partial charge < -0.3 is 14.6 Å². The predicted molar refractivity (Wildman–Crippen MR) is 71.4 cm³/mol. The Labute approximate surface area is 114 Å². The topological polar surface area (TPSA) is 55.8 Å². The summed E-state index contributed by atoms with van der Waals surface area (Å²) in [6.45, 7) is 1.86. The van der Waals surface area contributed by atoms with E-state index in [0.29, 0.717) is 5.76 Å². The molecule has 108 valence electrons. The smallest absolute Gasteiger partial charge is 0.319 e. The second kappa shape index (κ2) is 5.95. The minimum absolute atomic E-state index is 0.184. The largest absolute Gasteiger partial charge is 0.491 e. The maximum Gasteiger partial charge on any atom is 0.319 e. The maximum absolute atomic E-state index is 11.9. The molecule has 0 unspecified atom stereocenters. The molecule has 3 atom stereocenters. The molecule has 0 spiro atoms. The number of carbonyl (C=O) groups is 1. The van der Waals surface area contributed by atoms with Crippen molar-refractivity contribution in [1.29, 1.82) is 0 Å². The molecule has 1 N–H and O–H groups in total. The molecule has 0 aromatic rings. The quantitative estimate of drug-likeness (QED) is 0.631. The molecule has 0 saturated heterocycles. The van der Waals surface area contributed by atoms with E-state index in [2.05, 4.69) is 0 Å². The van der Waals surface area contributed by atoms with Crippen molar-refractivity contribution in [3.05, 3.63) is 11.8 Å². The fourth-order valence-electron chi connectivity index (χ4n) is 3.00. The molecule has 0 heterocycles. The summed E-state index contributed by atoms with van der Waals surface area (Å²) < 4.78 is 10.9. The highest BCUT2D eigenvalue weighted by Crippen LogP contribution is 2.41. The summed E-state index contributed by atoms with van der Waals surface area (Å²) in [4.78, 5) is 11.9. The summed E-state index contributed by atoms with van der Waals surface area (Å²) in [6.07, 6.45) is 7.81. The first-order valence-corrected chi connectivity index (χ1v) is 7.21. The number of ether oxygens (including phenoxy) is 2. The molecule has 0 amide bonds. The number of esters is 1. The Morgan fingerprint density at radius 1 is 1.37 bits per heavy atom. The Hall–Kier alpha value is -1.03. The summed E-state index contributed by atoms with van der Waals surface area (Å²) in [5.74, 6) is 0.435. The zero-order valence-corrected chi connectivity index (χ0v) is 11.9. The molecular formula is C15H24O4. The molecule has 4 nitrogen and oxygen atoms in total. The van der Waals surface area contributed by atoms with Crippen LogP contribution in [0.5, 0.6) is 0 Å². The number of allylic oxidation sites excluding steroid dienone is 1. The lowest BCUT2D eigenvalue weighted by molar-refractivity contribution is -0.152. The Bertz CT molecular complexity index is 363. The monoisotopic (exact) mass is 268 g/mol. The van der Waals surface area contributed by atoms with Crippen LogP contribution in [0.3, 0.4) is 0 Å². The van der Waals surface area contributed by atoms with Crippen LogP contribution in [0, 0.1) is 5.41 Å². The molecule has 1 saturated carbocycles. The molecule has 0 aliphatic heterocycles. The average Bonchev–Trinajstić information content (AvgIpc) is 2.65. The van der Waals surface area contributed by atoms with Gasteiger partial charge in [0.2, 0.25) is 0 Å². The second-order valence-corrected chi connectivity index (χ2v) is 5.79. The van der Waals surface area contributed by atoms with Gasteiger partial charge in [0.05, 0.1) is 13.2 Å². The number of methoxy groups -OCH3 is 1. The Balaban J connectivity index is 2.06. The lowest BCUT2D eigenvalue weighted by Gasteiger charge is -2.30. The molecule has 2 aliphatic carbocycles. The van der Waals surface area contributed by atoms with Crippen molar-refractivity contribution in [2.75, 3.05) is 7.11 Å². The molecule has 4 heteroatoms. The van der Waals surface area contributed by atoms with Crippen molar-refractivity contribution in [3.8, 4) is 0 Å². The highest BCUT2D eigenvalue weighted by Gasteiger charge is 2.44. The molecular weight excluding hydrogens is 244 g/mol. The molecule has 19 heavy (non-hydrogen) atoms. The normalized spacial score (nSPS) is 35.4. The van der Waals surface area contributed by atoms with Crippen molar-refractivity contribution in [1.82, 2.24) is 0 Å². The van der Waals surface area contributed by atoms with Gasteiger partial charge in [-0.25, -0.2) is 0 Å². The van der Waals surface area contributed by atoms with Crippen LogP contribution in [0.25, 0.3) is 0 Å². The van der Waals surface area contributed by atoms with E-state index in [0.717, 1.165) is 44.9 Å². The van der Waals surface area contributed by atoms with Crippen LogP contribution in [-0.2, 0) is 14.3 Å². The number of rotatable bonds is 3. The second-order valence-electron chi connectivity index (χ2n) is 5.79. The first-order chi connectivity index (χ1) is 9.08. The molecule has 0 radical (unpaired) electrons. The number of hydrogen-bond acceptors (Lipinski definition) is 4. The van der Waals surface area contributed by atoms with Gasteiger partial charge in [-0.1, -0.05) is 12.8 Å². The van der Waals surface area contributed by atoms with Crippen molar-refractivity contribution in [2.24, 2.45) is 5.41 Å². The van der Waals surface area contributed by atoms with Crippen molar-refractivity contribution in [3.63, 3.8) is 0 Å². The third-order valence-electron chi connectivity index (χ3n) is 4.35. The third-order valence-corrected chi connectivity index (χ3v) is 4.35. The summed E-state index contributed by atoms with van der Waals surface area (Å²) in [5.41, 5.74) is -0.680. The van der Waals surface area contributed by atoms with Gasteiger partial charge in [0.15, 0.2) is 0 Å². The van der Waals surface area contributed by atoms with E-state index >= 15 is 0 Å². The number of hydrogen-bond donors (Lipinski definition) is 1. The fourth-order valence-corrected chi connectivity index (χ4v) is 3.00. The van der Waals surface area contributed by atoms with Crippen LogP contribution in [0.2, 0.25) is 0 Å². The van der Waals surface area contributed by atoms with Crippen LogP contribution in [-0.4, -0.2) is 30.4 Å². The highest BCUT2D eigenvalue weighted by molar-refractivity contribution is 5.80. The fraction of sp³-hybridized carbons (Fsp3) is 0.800. The summed E-state index contributed by atoms with van der Waals surface area (Å²) in [7, 11) is 1.41. The van der Waals surface area contributed by atoms with Crippen LogP contribution in [0.4, 0.5) is 0 Å². The van der Waals surface area contributed by atoms with Gasteiger partial charge in [-0.3, -0.25) is 4.79 Å². The number of aliphatic hydroxyl groups is 1. The number of carbonyl (C=O) groups excluding carboxylic acids is 1. The Morgan fingerprint density at radius 3 is 2.84 bits per heavy atom. The Morgan fingerprint density at radius 2 is 2.11 bits per heavy atom. The maximum atomic E-state index is 11.9. The zero-order valence-electron chi connectivity index (χ0n) is 11.9. The lowest BCUT2D eigenvalue weighted by atomic mass is 9.88. The molecule has 1 fully saturated rings. The van der Waals surface area contributed by atoms with Gasteiger partial charge in [0.1, 0.15) is 17.3 Å². The van der Waals surface area contributed by atoms with E-state index < -0.39 is 11.5 Å². The van der Waals surface area contributed by atoms with E-state index in [-0.39, 0.29) is 12.1 Å². The van der Waals surface area contributed by atoms with E-state index in [1.807, 2.05) is 13.0 Å². The van der Waals surface area contributed by atoms with Crippen molar-refractivity contribution >= 4 is 5.97 Å². The van der Waals surface area contributed by atoms with Gasteiger partial charge in [0, 0.05) is 0 Å². The van der Waals surface area contributed by atoms with Crippen molar-refractivity contribution < 1.29 is 19.4 Å². The average molecular weight is 268 g/mol. The van der Waals surface area contributed by atoms with E-state index in [1.165, 1.54) is 7.11 Å². The summed E-state index contributed by atoms with van der Waals surface area (Å²) in [6, 6.07) is 0. The van der Waals surface area contributed by atoms with E-state index in [9.17, 15) is 9.90 Å². The van der Waals surface area contributed by atoms with Crippen LogP contribution in [0.15, 0.2) is 11.8 Å². The van der Waals surface area contributed by atoms with E-state index in [1.54, 1.807) is 0 Å². The number of aliphatic hydroxyl groups excluding tert-OH is 1. The third kappa shape index (κ3) is 2.94. The van der Waals surface area contributed by atoms with Crippen LogP contribution < -0.4 is 0 Å². The summed E-state index contributed by atoms with van der Waals surface area (Å²) in [5, 5.41) is 10.1. The first-order valence-electron chi connectivity index (χ1n) is 7.21. The van der Waals surface area contributed by atoms with Gasteiger partial charge >= 0.3 is 5.97 Å². The standard InChI is InChI=1S/C15H24O4/c1-15(14(17)18-2)10-6-9-13(15)19-12-8-5-3-4-7-11(12)16/h9,11-12,16H,3-8,10H2,1-2H3/t11-,12-,15+/m1/s1. The summed E-state index contributed by atoms with van der Waals surface area (Å²) >= 11 is 0. The molecule has 2 rings (SSSR count). The van der Waals surface area contributed by atoms with Crippen molar-refractivity contribution in [2.45, 2.75) is 64.1 Å². The minimum atomic E-state index is -0.680. The molecule has 0 bridgehead atoms. The van der Waals surface area contributed by atoms with Crippen LogP contribution >= 0.6 is 0 Å². The Kier molecular flexibility index (Phi) is 4.50. The molecule has 0 aromatic heterocycles. The minimum Gasteiger partial charge on any atom is -0.491 e. The van der Waals surface area contributed by atoms with Crippen LogP contribution in [0.1, 0.15) is 51.9 Å². The lowest BCUT2D eigenvalue weighted by Crippen LogP contribution is -2.34. The SMILES string of the molecule is COC(=O)[C@@]1(C)CCC=C1O[C@@H]1CCCCC[C@H]1O. The predicted octanol–water partition coefficient (Wildman–Crippen LogP) is 2.55. The molecule has 0 aromatic carbocycles. The van der Waals surface area contributed by atoms with Gasteiger partial charge in [-0.15, -0.1) is 0 Å².